The fraction of sp³-hybridized carbons (Fsp3) is 0.500. The molecule has 1 N–H and O–H groups in total. The van der Waals surface area contributed by atoms with Crippen molar-refractivity contribution in [3.8, 4) is 0 Å². The number of carboxylic acid groups (broad SMARTS) is 1. The van der Waals surface area contributed by atoms with Crippen molar-refractivity contribution < 1.29 is 9.90 Å². The van der Waals surface area contributed by atoms with Crippen molar-refractivity contribution in [3.05, 3.63) is 28.1 Å². The molecule has 2 aromatic heterocycles. The van der Waals surface area contributed by atoms with Crippen LogP contribution < -0.4 is 0 Å². The zero-order chi connectivity index (χ0) is 15.0. The lowest BCUT2D eigenvalue weighted by Crippen LogP contribution is -2.39. The summed E-state index contributed by atoms with van der Waals surface area (Å²) in [4.78, 5) is 17.0. The van der Waals surface area contributed by atoms with E-state index in [1.54, 1.807) is 6.20 Å². The Hall–Kier alpha value is -1.63. The van der Waals surface area contributed by atoms with E-state index in [2.05, 4.69) is 26.0 Å². The SMILES string of the molecule is Cc1nn2c(CC3CCCN(C(=O)O)C3)ccnc2c1Br. The number of aryl methyl sites for hydroxylation is 1. The molecule has 3 rings (SSSR count). The zero-order valence-electron chi connectivity index (χ0n) is 11.8. The van der Waals surface area contributed by atoms with Crippen molar-refractivity contribution in [1.82, 2.24) is 19.5 Å². The number of amides is 1. The van der Waals surface area contributed by atoms with E-state index in [9.17, 15) is 4.79 Å². The van der Waals surface area contributed by atoms with Gasteiger partial charge in [-0.05, 0) is 54.1 Å². The van der Waals surface area contributed by atoms with Crippen LogP contribution in [-0.4, -0.2) is 43.8 Å². The summed E-state index contributed by atoms with van der Waals surface area (Å²) >= 11 is 3.51. The first-order chi connectivity index (χ1) is 10.1. The first kappa shape index (κ1) is 14.3. The fourth-order valence-electron chi connectivity index (χ4n) is 2.93. The molecule has 0 radical (unpaired) electrons. The summed E-state index contributed by atoms with van der Waals surface area (Å²) in [5, 5.41) is 13.6. The van der Waals surface area contributed by atoms with Gasteiger partial charge in [-0.25, -0.2) is 14.3 Å². The average molecular weight is 353 g/mol. The van der Waals surface area contributed by atoms with E-state index in [4.69, 9.17) is 5.11 Å². The molecule has 1 saturated heterocycles. The summed E-state index contributed by atoms with van der Waals surface area (Å²) in [5.41, 5.74) is 2.80. The second kappa shape index (κ2) is 5.63. The number of aromatic nitrogens is 3. The number of fused-ring (bicyclic) bond motifs is 1. The lowest BCUT2D eigenvalue weighted by Gasteiger charge is -2.30. The van der Waals surface area contributed by atoms with Gasteiger partial charge in [0.25, 0.3) is 0 Å². The molecule has 1 aliphatic rings. The van der Waals surface area contributed by atoms with Gasteiger partial charge < -0.3 is 10.0 Å². The number of rotatable bonds is 2. The van der Waals surface area contributed by atoms with Crippen LogP contribution in [0.5, 0.6) is 0 Å². The minimum Gasteiger partial charge on any atom is -0.465 e. The van der Waals surface area contributed by atoms with Crippen molar-refractivity contribution in [2.75, 3.05) is 13.1 Å². The highest BCUT2D eigenvalue weighted by molar-refractivity contribution is 9.10. The summed E-state index contributed by atoms with van der Waals surface area (Å²) in [6, 6.07) is 1.96. The molecule has 0 aromatic carbocycles. The highest BCUT2D eigenvalue weighted by atomic mass is 79.9. The van der Waals surface area contributed by atoms with Gasteiger partial charge in [0.1, 0.15) is 0 Å². The first-order valence-corrected chi connectivity index (χ1v) is 7.82. The molecule has 1 atom stereocenters. The third kappa shape index (κ3) is 2.74. The van der Waals surface area contributed by atoms with Gasteiger partial charge in [0, 0.05) is 25.0 Å². The normalized spacial score (nSPS) is 19.1. The Balaban J connectivity index is 1.85. The predicted molar refractivity (Wildman–Crippen MR) is 81.4 cm³/mol. The van der Waals surface area contributed by atoms with Crippen molar-refractivity contribution in [2.24, 2.45) is 5.92 Å². The molecule has 7 heteroatoms. The molecular weight excluding hydrogens is 336 g/mol. The molecule has 0 saturated carbocycles. The van der Waals surface area contributed by atoms with E-state index in [-0.39, 0.29) is 0 Å². The van der Waals surface area contributed by atoms with Crippen LogP contribution in [0, 0.1) is 12.8 Å². The minimum absolute atomic E-state index is 0.337. The lowest BCUT2D eigenvalue weighted by atomic mass is 9.93. The van der Waals surface area contributed by atoms with Gasteiger partial charge in [-0.3, -0.25) is 0 Å². The number of piperidine rings is 1. The Morgan fingerprint density at radius 2 is 2.38 bits per heavy atom. The number of likely N-dealkylation sites (tertiary alicyclic amines) is 1. The molecule has 1 amide bonds. The summed E-state index contributed by atoms with van der Waals surface area (Å²) in [6.07, 6.45) is 3.75. The van der Waals surface area contributed by atoms with Crippen LogP contribution in [0.4, 0.5) is 4.79 Å². The maximum absolute atomic E-state index is 11.1. The van der Waals surface area contributed by atoms with Gasteiger partial charge in [-0.15, -0.1) is 0 Å². The van der Waals surface area contributed by atoms with E-state index in [1.165, 1.54) is 4.90 Å². The average Bonchev–Trinajstić information content (AvgIpc) is 2.76. The molecule has 0 aliphatic carbocycles. The van der Waals surface area contributed by atoms with Crippen LogP contribution in [0.1, 0.15) is 24.2 Å². The Kier molecular flexibility index (Phi) is 3.84. The summed E-state index contributed by atoms with van der Waals surface area (Å²) < 4.78 is 2.78. The van der Waals surface area contributed by atoms with E-state index in [0.717, 1.165) is 40.8 Å². The van der Waals surface area contributed by atoms with Crippen LogP contribution in [0.3, 0.4) is 0 Å². The van der Waals surface area contributed by atoms with Crippen molar-refractivity contribution in [2.45, 2.75) is 26.2 Å². The highest BCUT2D eigenvalue weighted by Gasteiger charge is 2.24. The van der Waals surface area contributed by atoms with Gasteiger partial charge in [-0.1, -0.05) is 0 Å². The summed E-state index contributed by atoms with van der Waals surface area (Å²) in [7, 11) is 0. The first-order valence-electron chi connectivity index (χ1n) is 7.03. The number of carbonyl (C=O) groups is 1. The third-order valence-electron chi connectivity index (χ3n) is 3.99. The third-order valence-corrected chi connectivity index (χ3v) is 4.92. The van der Waals surface area contributed by atoms with Crippen LogP contribution in [0.25, 0.3) is 5.65 Å². The molecule has 112 valence electrons. The topological polar surface area (TPSA) is 70.7 Å². The lowest BCUT2D eigenvalue weighted by molar-refractivity contribution is 0.120. The Morgan fingerprint density at radius 1 is 1.57 bits per heavy atom. The van der Waals surface area contributed by atoms with Crippen LogP contribution in [0.2, 0.25) is 0 Å². The molecule has 1 aliphatic heterocycles. The summed E-state index contributed by atoms with van der Waals surface area (Å²) in [6.45, 7) is 3.18. The molecule has 0 spiro atoms. The Morgan fingerprint density at radius 3 is 3.14 bits per heavy atom. The fourth-order valence-corrected chi connectivity index (χ4v) is 3.28. The zero-order valence-corrected chi connectivity index (χ0v) is 13.4. The molecule has 3 heterocycles. The quantitative estimate of drug-likeness (QED) is 0.901. The predicted octanol–water partition coefficient (Wildman–Crippen LogP) is 2.73. The molecule has 2 aromatic rings. The highest BCUT2D eigenvalue weighted by Crippen LogP contribution is 2.24. The van der Waals surface area contributed by atoms with Gasteiger partial charge in [0.15, 0.2) is 5.65 Å². The van der Waals surface area contributed by atoms with Gasteiger partial charge in [0.2, 0.25) is 0 Å². The van der Waals surface area contributed by atoms with Crippen LogP contribution in [-0.2, 0) is 6.42 Å². The smallest absolute Gasteiger partial charge is 0.407 e. The van der Waals surface area contributed by atoms with Gasteiger partial charge >= 0.3 is 6.09 Å². The second-order valence-corrected chi connectivity index (χ2v) is 6.30. The maximum atomic E-state index is 11.1. The number of hydrogen-bond donors (Lipinski definition) is 1. The summed E-state index contributed by atoms with van der Waals surface area (Å²) in [5.74, 6) is 0.337. The van der Waals surface area contributed by atoms with Crippen molar-refractivity contribution in [1.29, 1.82) is 0 Å². The number of nitrogens with zero attached hydrogens (tertiary/aromatic N) is 4. The van der Waals surface area contributed by atoms with Crippen LogP contribution >= 0.6 is 15.9 Å². The Labute approximate surface area is 130 Å². The second-order valence-electron chi connectivity index (χ2n) is 5.51. The number of hydrogen-bond acceptors (Lipinski definition) is 3. The maximum Gasteiger partial charge on any atom is 0.407 e. The van der Waals surface area contributed by atoms with E-state index in [0.29, 0.717) is 19.0 Å². The van der Waals surface area contributed by atoms with Crippen molar-refractivity contribution in [3.63, 3.8) is 0 Å². The standard InChI is InChI=1S/C14H17BrN4O2/c1-9-12(15)13-16-5-4-11(19(13)17-9)7-10-3-2-6-18(8-10)14(20)21/h4-5,10H,2-3,6-8H2,1H3,(H,20,21). The van der Waals surface area contributed by atoms with E-state index in [1.807, 2.05) is 17.5 Å². The molecule has 21 heavy (non-hydrogen) atoms. The Bertz CT molecular complexity index is 685. The molecule has 0 bridgehead atoms. The van der Waals surface area contributed by atoms with Gasteiger partial charge in [-0.2, -0.15) is 5.10 Å². The monoisotopic (exact) mass is 352 g/mol. The van der Waals surface area contributed by atoms with Crippen molar-refractivity contribution >= 4 is 27.7 Å². The molecule has 1 fully saturated rings. The van der Waals surface area contributed by atoms with Crippen LogP contribution in [0.15, 0.2) is 16.7 Å². The molecular formula is C14H17BrN4O2. The molecule has 6 nitrogen and oxygen atoms in total. The van der Waals surface area contributed by atoms with E-state index < -0.39 is 6.09 Å². The largest absolute Gasteiger partial charge is 0.465 e. The van der Waals surface area contributed by atoms with E-state index >= 15 is 0 Å². The number of halogens is 1. The van der Waals surface area contributed by atoms with Gasteiger partial charge in [0.05, 0.1) is 10.2 Å². The molecule has 1 unspecified atom stereocenters. The minimum atomic E-state index is -0.822.